The number of nitrogens with zero attached hydrogens (tertiary/aromatic N) is 5. The average molecular weight is 519 g/mol. The van der Waals surface area contributed by atoms with Crippen LogP contribution in [0.2, 0.25) is 0 Å². The molecule has 1 fully saturated rings. The van der Waals surface area contributed by atoms with E-state index in [1.54, 1.807) is 50.3 Å². The molecule has 0 radical (unpaired) electrons. The maximum atomic E-state index is 13.6. The molecule has 0 unspecified atom stereocenters. The smallest absolute Gasteiger partial charge is 0.331 e. The SMILES string of the molecule is CC(=O)Nc1cc2c(cc1C(=O)N1CCC(n3c(=O)c4cc(C)ccc4n(C)c3=O)CC1)n(C)c(=O)n2C. The molecule has 2 aromatic carbocycles. The Bertz CT molecular complexity index is 1810. The van der Waals surface area contributed by atoms with E-state index in [1.807, 2.05) is 13.0 Å². The fourth-order valence-corrected chi connectivity index (χ4v) is 5.43. The van der Waals surface area contributed by atoms with Gasteiger partial charge in [0.05, 0.1) is 33.2 Å². The molecule has 1 aliphatic heterocycles. The van der Waals surface area contributed by atoms with E-state index in [2.05, 4.69) is 5.32 Å². The fourth-order valence-electron chi connectivity index (χ4n) is 5.43. The van der Waals surface area contributed by atoms with E-state index < -0.39 is 0 Å². The Hall–Kier alpha value is -4.41. The summed E-state index contributed by atoms with van der Waals surface area (Å²) < 4.78 is 5.73. The van der Waals surface area contributed by atoms with E-state index in [0.717, 1.165) is 5.56 Å². The number of fused-ring (bicyclic) bond motifs is 2. The van der Waals surface area contributed by atoms with Crippen LogP contribution < -0.4 is 22.3 Å². The molecule has 4 aromatic rings. The molecule has 198 valence electrons. The van der Waals surface area contributed by atoms with Crippen LogP contribution in [-0.4, -0.2) is 48.1 Å². The van der Waals surface area contributed by atoms with E-state index in [1.165, 1.54) is 25.2 Å². The van der Waals surface area contributed by atoms with Gasteiger partial charge in [0.2, 0.25) is 5.91 Å². The summed E-state index contributed by atoms with van der Waals surface area (Å²) in [7, 11) is 4.92. The molecule has 2 amide bonds. The number of likely N-dealkylation sites (tertiary alicyclic amines) is 1. The van der Waals surface area contributed by atoms with Gasteiger partial charge in [0.25, 0.3) is 11.5 Å². The lowest BCUT2D eigenvalue weighted by atomic mass is 10.0. The highest BCUT2D eigenvalue weighted by atomic mass is 16.2. The molecule has 0 atom stereocenters. The Morgan fingerprint density at radius 3 is 2.08 bits per heavy atom. The predicted molar refractivity (Wildman–Crippen MR) is 145 cm³/mol. The number of carbonyl (C=O) groups is 2. The van der Waals surface area contributed by atoms with Crippen LogP contribution in [0.25, 0.3) is 21.9 Å². The van der Waals surface area contributed by atoms with Gasteiger partial charge in [0.15, 0.2) is 0 Å². The minimum Gasteiger partial charge on any atom is -0.338 e. The van der Waals surface area contributed by atoms with Gasteiger partial charge in [-0.2, -0.15) is 0 Å². The third-order valence-electron chi connectivity index (χ3n) is 7.52. The van der Waals surface area contributed by atoms with Crippen LogP contribution in [0.4, 0.5) is 5.69 Å². The van der Waals surface area contributed by atoms with E-state index in [0.29, 0.717) is 53.6 Å². The summed E-state index contributed by atoms with van der Waals surface area (Å²) in [6, 6.07) is 8.37. The van der Waals surface area contributed by atoms with Crippen molar-refractivity contribution in [1.29, 1.82) is 0 Å². The van der Waals surface area contributed by atoms with Crippen molar-refractivity contribution < 1.29 is 9.59 Å². The zero-order chi connectivity index (χ0) is 27.5. The predicted octanol–water partition coefficient (Wildman–Crippen LogP) is 1.63. The first-order valence-electron chi connectivity index (χ1n) is 12.5. The largest absolute Gasteiger partial charge is 0.338 e. The molecule has 0 spiro atoms. The molecule has 1 N–H and O–H groups in total. The highest BCUT2D eigenvalue weighted by Crippen LogP contribution is 2.28. The van der Waals surface area contributed by atoms with Crippen LogP contribution in [0.3, 0.4) is 0 Å². The lowest BCUT2D eigenvalue weighted by Crippen LogP contribution is -2.46. The van der Waals surface area contributed by atoms with Crippen molar-refractivity contribution in [3.63, 3.8) is 0 Å². The molecule has 1 aliphatic rings. The van der Waals surface area contributed by atoms with Crippen LogP contribution in [0.15, 0.2) is 44.7 Å². The van der Waals surface area contributed by atoms with Gasteiger partial charge >= 0.3 is 11.4 Å². The number of aryl methyl sites for hydroxylation is 4. The number of anilines is 1. The van der Waals surface area contributed by atoms with Crippen LogP contribution in [0, 0.1) is 6.92 Å². The average Bonchev–Trinajstić information content (AvgIpc) is 3.10. The molecule has 0 aliphatic carbocycles. The van der Waals surface area contributed by atoms with Crippen molar-refractivity contribution in [2.24, 2.45) is 21.1 Å². The van der Waals surface area contributed by atoms with Crippen molar-refractivity contribution in [2.45, 2.75) is 32.7 Å². The Kier molecular flexibility index (Phi) is 6.09. The van der Waals surface area contributed by atoms with Crippen LogP contribution in [0.5, 0.6) is 0 Å². The van der Waals surface area contributed by atoms with Gasteiger partial charge in [-0.1, -0.05) is 11.6 Å². The lowest BCUT2D eigenvalue weighted by Gasteiger charge is -2.33. The third-order valence-corrected chi connectivity index (χ3v) is 7.52. The van der Waals surface area contributed by atoms with Crippen molar-refractivity contribution in [3.8, 4) is 0 Å². The molecule has 3 heterocycles. The second-order valence-electron chi connectivity index (χ2n) is 10.0. The van der Waals surface area contributed by atoms with Crippen molar-refractivity contribution in [1.82, 2.24) is 23.2 Å². The summed E-state index contributed by atoms with van der Waals surface area (Å²) in [6.45, 7) is 3.92. The Morgan fingerprint density at radius 1 is 0.842 bits per heavy atom. The summed E-state index contributed by atoms with van der Waals surface area (Å²) >= 11 is 0. The zero-order valence-corrected chi connectivity index (χ0v) is 22.1. The first kappa shape index (κ1) is 25.2. The number of nitrogens with one attached hydrogen (secondary N) is 1. The quantitative estimate of drug-likeness (QED) is 0.442. The van der Waals surface area contributed by atoms with Crippen LogP contribution >= 0.6 is 0 Å². The Morgan fingerprint density at radius 2 is 1.45 bits per heavy atom. The van der Waals surface area contributed by atoms with Crippen molar-refractivity contribution in [2.75, 3.05) is 18.4 Å². The van der Waals surface area contributed by atoms with Gasteiger partial charge in [0, 0.05) is 47.2 Å². The minimum absolute atomic E-state index is 0.239. The minimum atomic E-state index is -0.375. The normalized spacial score (nSPS) is 14.4. The topological polar surface area (TPSA) is 120 Å². The monoisotopic (exact) mass is 518 g/mol. The second-order valence-corrected chi connectivity index (χ2v) is 10.0. The number of imidazole rings is 1. The van der Waals surface area contributed by atoms with Gasteiger partial charge in [-0.15, -0.1) is 0 Å². The Labute approximate surface area is 217 Å². The molecule has 0 bridgehead atoms. The standard InChI is InChI=1S/C27H30N6O5/c1-15-6-7-21-19(12-15)25(36)33(27(38)29(21)3)17-8-10-32(11-9-17)24(35)18-13-22-23(14-20(18)28-16(2)34)31(5)26(37)30(22)4/h6-7,12-14,17H,8-11H2,1-5H3,(H,28,34). The number of rotatable bonds is 3. The molecule has 11 heteroatoms. The number of hydrogen-bond acceptors (Lipinski definition) is 5. The van der Waals surface area contributed by atoms with Crippen molar-refractivity contribution >= 4 is 39.4 Å². The van der Waals surface area contributed by atoms with Crippen molar-refractivity contribution in [3.05, 3.63) is 72.8 Å². The fraction of sp³-hybridized carbons (Fsp3) is 0.370. The number of benzene rings is 2. The summed E-state index contributed by atoms with van der Waals surface area (Å²) in [5.74, 6) is -0.625. The summed E-state index contributed by atoms with van der Waals surface area (Å²) in [5, 5.41) is 3.21. The second kappa shape index (κ2) is 9.16. The van der Waals surface area contributed by atoms with Gasteiger partial charge in [-0.3, -0.25) is 32.7 Å². The first-order valence-corrected chi connectivity index (χ1v) is 12.5. The number of aromatic nitrogens is 4. The lowest BCUT2D eigenvalue weighted by molar-refractivity contribution is -0.114. The summed E-state index contributed by atoms with van der Waals surface area (Å²) in [5.41, 5.74) is 2.37. The van der Waals surface area contributed by atoms with E-state index in [9.17, 15) is 24.0 Å². The molecular formula is C27H30N6O5. The number of hydrogen-bond donors (Lipinski definition) is 1. The van der Waals surface area contributed by atoms with Gasteiger partial charge < -0.3 is 10.2 Å². The zero-order valence-electron chi connectivity index (χ0n) is 22.1. The van der Waals surface area contributed by atoms with E-state index >= 15 is 0 Å². The maximum Gasteiger partial charge on any atom is 0.331 e. The molecule has 38 heavy (non-hydrogen) atoms. The van der Waals surface area contributed by atoms with Crippen LogP contribution in [0.1, 0.15) is 41.7 Å². The van der Waals surface area contributed by atoms with Gasteiger partial charge in [-0.05, 0) is 44.0 Å². The van der Waals surface area contributed by atoms with E-state index in [-0.39, 0.29) is 40.4 Å². The molecular weight excluding hydrogens is 488 g/mol. The highest BCUT2D eigenvalue weighted by Gasteiger charge is 2.29. The highest BCUT2D eigenvalue weighted by molar-refractivity contribution is 6.06. The number of carbonyl (C=O) groups excluding carboxylic acids is 2. The summed E-state index contributed by atoms with van der Waals surface area (Å²) in [6.07, 6.45) is 0.861. The maximum absolute atomic E-state index is 13.6. The van der Waals surface area contributed by atoms with Crippen LogP contribution in [-0.2, 0) is 25.9 Å². The third kappa shape index (κ3) is 3.94. The molecule has 5 rings (SSSR count). The molecule has 11 nitrogen and oxygen atoms in total. The number of amides is 2. The molecule has 1 saturated heterocycles. The Balaban J connectivity index is 1.47. The van der Waals surface area contributed by atoms with Gasteiger partial charge in [-0.25, -0.2) is 9.59 Å². The summed E-state index contributed by atoms with van der Waals surface area (Å²) in [4.78, 5) is 66.1. The molecule has 0 saturated carbocycles. The number of piperidine rings is 1. The molecule has 2 aromatic heterocycles. The van der Waals surface area contributed by atoms with Gasteiger partial charge in [0.1, 0.15) is 0 Å². The first-order chi connectivity index (χ1) is 18.0. The van der Waals surface area contributed by atoms with E-state index in [4.69, 9.17) is 0 Å².